The van der Waals surface area contributed by atoms with Crippen LogP contribution < -0.4 is 10.6 Å². The molecule has 8 nitrogen and oxygen atoms in total. The maximum absolute atomic E-state index is 10.8. The van der Waals surface area contributed by atoms with Gasteiger partial charge in [-0.15, -0.1) is 0 Å². The van der Waals surface area contributed by atoms with Crippen LogP contribution in [-0.2, 0) is 4.74 Å². The van der Waals surface area contributed by atoms with E-state index in [4.69, 9.17) is 15.7 Å². The Bertz CT molecular complexity index is 504. The zero-order valence-electron chi connectivity index (χ0n) is 11.4. The van der Waals surface area contributed by atoms with Gasteiger partial charge in [-0.2, -0.15) is 0 Å². The van der Waals surface area contributed by atoms with Crippen LogP contribution in [0.25, 0.3) is 0 Å². The molecule has 0 aliphatic heterocycles. The monoisotopic (exact) mass is 282 g/mol. The molecule has 0 bridgehead atoms. The van der Waals surface area contributed by atoms with E-state index in [1.54, 1.807) is 13.2 Å². The average molecular weight is 282 g/mol. The van der Waals surface area contributed by atoms with E-state index in [9.17, 15) is 10.1 Å². The first-order valence-electron chi connectivity index (χ1n) is 5.97. The predicted molar refractivity (Wildman–Crippen MR) is 75.4 cm³/mol. The largest absolute Gasteiger partial charge is 0.409 e. The third-order valence-corrected chi connectivity index (χ3v) is 2.83. The Balaban J connectivity index is 3.08. The Morgan fingerprint density at radius 2 is 2.30 bits per heavy atom. The lowest BCUT2D eigenvalue weighted by Crippen LogP contribution is -2.24. The van der Waals surface area contributed by atoms with Gasteiger partial charge in [0, 0.05) is 45.1 Å². The summed E-state index contributed by atoms with van der Waals surface area (Å²) in [6.45, 7) is 1.29. The van der Waals surface area contributed by atoms with E-state index in [0.29, 0.717) is 24.4 Å². The van der Waals surface area contributed by atoms with Crippen molar-refractivity contribution in [2.45, 2.75) is 6.42 Å². The van der Waals surface area contributed by atoms with Crippen molar-refractivity contribution in [1.82, 2.24) is 0 Å². The van der Waals surface area contributed by atoms with E-state index in [1.165, 1.54) is 12.1 Å². The van der Waals surface area contributed by atoms with E-state index in [-0.39, 0.29) is 11.5 Å². The van der Waals surface area contributed by atoms with Crippen molar-refractivity contribution in [2.24, 2.45) is 10.9 Å². The number of hydrogen-bond acceptors (Lipinski definition) is 6. The molecule has 0 unspecified atom stereocenters. The summed E-state index contributed by atoms with van der Waals surface area (Å²) in [5.41, 5.74) is 6.45. The Kier molecular flexibility index (Phi) is 5.73. The second-order valence-electron chi connectivity index (χ2n) is 4.21. The summed E-state index contributed by atoms with van der Waals surface area (Å²) in [5.74, 6) is -0.165. The van der Waals surface area contributed by atoms with Gasteiger partial charge in [0.25, 0.3) is 5.69 Å². The van der Waals surface area contributed by atoms with Gasteiger partial charge in [0.2, 0.25) is 0 Å². The molecule has 3 N–H and O–H groups in total. The lowest BCUT2D eigenvalue weighted by molar-refractivity contribution is -0.384. The van der Waals surface area contributed by atoms with Crippen LogP contribution in [0, 0.1) is 10.1 Å². The average Bonchev–Trinajstić information content (AvgIpc) is 2.45. The zero-order valence-corrected chi connectivity index (χ0v) is 11.4. The topological polar surface area (TPSA) is 114 Å². The van der Waals surface area contributed by atoms with Gasteiger partial charge in [0.1, 0.15) is 0 Å². The molecule has 0 aromatic heterocycles. The number of methoxy groups -OCH3 is 1. The second kappa shape index (κ2) is 7.29. The molecular weight excluding hydrogens is 264 g/mol. The summed E-state index contributed by atoms with van der Waals surface area (Å²) in [4.78, 5) is 12.1. The molecule has 1 rings (SSSR count). The number of anilines is 1. The highest BCUT2D eigenvalue weighted by Gasteiger charge is 2.16. The number of nitro groups is 1. The molecule has 8 heteroatoms. The fourth-order valence-electron chi connectivity index (χ4n) is 1.80. The van der Waals surface area contributed by atoms with Gasteiger partial charge in [-0.05, 0) is 12.5 Å². The fourth-order valence-corrected chi connectivity index (χ4v) is 1.80. The van der Waals surface area contributed by atoms with Crippen molar-refractivity contribution in [3.8, 4) is 0 Å². The van der Waals surface area contributed by atoms with Gasteiger partial charge in [-0.1, -0.05) is 5.16 Å². The minimum Gasteiger partial charge on any atom is -0.409 e. The standard InChI is InChI=1S/C12H18N4O4/c1-15(6-3-7-20-2)11-5-4-9(16(18)19)8-10(11)12(13)14-17/h4-5,8,17H,3,6-7H2,1-2H3,(H2,13,14). The SMILES string of the molecule is COCCCN(C)c1ccc([N+](=O)[O-])cc1C(N)=NO. The molecular formula is C12H18N4O4. The van der Waals surface area contributed by atoms with E-state index >= 15 is 0 Å². The van der Waals surface area contributed by atoms with Crippen molar-refractivity contribution >= 4 is 17.2 Å². The number of nitrogens with two attached hydrogens (primary N) is 1. The lowest BCUT2D eigenvalue weighted by atomic mass is 10.1. The van der Waals surface area contributed by atoms with E-state index in [2.05, 4.69) is 5.16 Å². The van der Waals surface area contributed by atoms with Crippen LogP contribution in [0.3, 0.4) is 0 Å². The number of nitro benzene ring substituents is 1. The molecule has 0 aliphatic carbocycles. The predicted octanol–water partition coefficient (Wildman–Crippen LogP) is 1.16. The highest BCUT2D eigenvalue weighted by molar-refractivity contribution is 6.02. The molecule has 0 fully saturated rings. The maximum atomic E-state index is 10.8. The number of amidine groups is 1. The summed E-state index contributed by atoms with van der Waals surface area (Å²) in [5, 5.41) is 22.5. The summed E-state index contributed by atoms with van der Waals surface area (Å²) >= 11 is 0. The highest BCUT2D eigenvalue weighted by Crippen LogP contribution is 2.24. The second-order valence-corrected chi connectivity index (χ2v) is 4.21. The highest BCUT2D eigenvalue weighted by atomic mass is 16.6. The molecule has 20 heavy (non-hydrogen) atoms. The molecule has 1 aromatic rings. The number of non-ortho nitro benzene ring substituents is 1. The van der Waals surface area contributed by atoms with Crippen molar-refractivity contribution in [1.29, 1.82) is 0 Å². The van der Waals surface area contributed by atoms with Crippen molar-refractivity contribution in [3.63, 3.8) is 0 Å². The van der Waals surface area contributed by atoms with Gasteiger partial charge in [0.05, 0.1) is 10.5 Å². The maximum Gasteiger partial charge on any atom is 0.270 e. The van der Waals surface area contributed by atoms with Crippen molar-refractivity contribution < 1.29 is 14.9 Å². The lowest BCUT2D eigenvalue weighted by Gasteiger charge is -2.21. The van der Waals surface area contributed by atoms with Gasteiger partial charge >= 0.3 is 0 Å². The van der Waals surface area contributed by atoms with E-state index < -0.39 is 4.92 Å². The summed E-state index contributed by atoms with van der Waals surface area (Å²) < 4.78 is 4.97. The Hall–Kier alpha value is -2.35. The molecule has 0 heterocycles. The molecule has 0 amide bonds. The molecule has 0 radical (unpaired) electrons. The zero-order chi connectivity index (χ0) is 15.1. The van der Waals surface area contributed by atoms with Gasteiger partial charge in [0.15, 0.2) is 5.84 Å². The van der Waals surface area contributed by atoms with E-state index in [1.807, 2.05) is 11.9 Å². The number of oxime groups is 1. The molecule has 0 aliphatic rings. The van der Waals surface area contributed by atoms with Crippen LogP contribution in [-0.4, -0.2) is 43.3 Å². The Morgan fingerprint density at radius 3 is 2.85 bits per heavy atom. The molecule has 0 saturated heterocycles. The quantitative estimate of drug-likeness (QED) is 0.194. The normalized spacial score (nSPS) is 11.4. The van der Waals surface area contributed by atoms with Crippen molar-refractivity contribution in [3.05, 3.63) is 33.9 Å². The van der Waals surface area contributed by atoms with Gasteiger partial charge in [-0.25, -0.2) is 0 Å². The third-order valence-electron chi connectivity index (χ3n) is 2.83. The van der Waals surface area contributed by atoms with Crippen molar-refractivity contribution in [2.75, 3.05) is 32.2 Å². The number of hydrogen-bond donors (Lipinski definition) is 2. The molecule has 0 spiro atoms. The van der Waals surface area contributed by atoms with Crippen LogP contribution >= 0.6 is 0 Å². The minimum atomic E-state index is -0.525. The van der Waals surface area contributed by atoms with Gasteiger partial charge < -0.3 is 20.6 Å². The number of ether oxygens (including phenoxy) is 1. The first-order chi connectivity index (χ1) is 9.51. The molecule has 1 aromatic carbocycles. The molecule has 110 valence electrons. The molecule has 0 atom stereocenters. The minimum absolute atomic E-state index is 0.111. The number of nitrogens with zero attached hydrogens (tertiary/aromatic N) is 3. The van der Waals surface area contributed by atoms with Gasteiger partial charge in [-0.3, -0.25) is 10.1 Å². The summed E-state index contributed by atoms with van der Waals surface area (Å²) in [6.07, 6.45) is 0.791. The third kappa shape index (κ3) is 3.82. The Labute approximate surface area is 116 Å². The number of benzene rings is 1. The van der Waals surface area contributed by atoms with Crippen LogP contribution in [0.15, 0.2) is 23.4 Å². The van der Waals surface area contributed by atoms with Crippen LogP contribution in [0.2, 0.25) is 0 Å². The smallest absolute Gasteiger partial charge is 0.270 e. The van der Waals surface area contributed by atoms with Crippen LogP contribution in [0.1, 0.15) is 12.0 Å². The summed E-state index contributed by atoms with van der Waals surface area (Å²) in [7, 11) is 3.44. The first kappa shape index (κ1) is 15.7. The molecule has 0 saturated carbocycles. The van der Waals surface area contributed by atoms with E-state index in [0.717, 1.165) is 6.42 Å². The van der Waals surface area contributed by atoms with Crippen LogP contribution in [0.5, 0.6) is 0 Å². The first-order valence-corrected chi connectivity index (χ1v) is 5.97. The Morgan fingerprint density at radius 1 is 1.60 bits per heavy atom. The fraction of sp³-hybridized carbons (Fsp3) is 0.417. The number of rotatable bonds is 7. The van der Waals surface area contributed by atoms with Crippen LogP contribution in [0.4, 0.5) is 11.4 Å². The summed E-state index contributed by atoms with van der Waals surface area (Å²) in [6, 6.07) is 4.26.